The van der Waals surface area contributed by atoms with E-state index in [4.69, 9.17) is 17.2 Å². The molecular weight excluding hydrogens is 236 g/mol. The van der Waals surface area contributed by atoms with Gasteiger partial charge in [-0.2, -0.15) is 0 Å². The van der Waals surface area contributed by atoms with Gasteiger partial charge in [0.2, 0.25) is 0 Å². The van der Waals surface area contributed by atoms with Crippen LogP contribution in [0.2, 0.25) is 0 Å². The van der Waals surface area contributed by atoms with Gasteiger partial charge < -0.3 is 17.2 Å². The molecule has 2 rings (SSSR count). The van der Waals surface area contributed by atoms with E-state index in [9.17, 15) is 0 Å². The molecule has 0 saturated carbocycles. The van der Waals surface area contributed by atoms with E-state index in [1.807, 2.05) is 42.5 Å². The third-order valence-electron chi connectivity index (χ3n) is 2.62. The maximum atomic E-state index is 5.87. The molecule has 6 N–H and O–H groups in total. The average molecular weight is 252 g/mol. The van der Waals surface area contributed by atoms with Crippen LogP contribution in [-0.4, -0.2) is 5.84 Å². The normalized spacial score (nSPS) is 11.9. The van der Waals surface area contributed by atoms with Crippen LogP contribution >= 0.6 is 0 Å². The topological polar surface area (TPSA) is 90.4 Å². The Balaban J connectivity index is 2.09. The SMILES string of the molecule is NC(=NC=Cc1ccc(N)cc1)c1ccc(N)cc1. The molecule has 0 unspecified atom stereocenters. The first kappa shape index (κ1) is 12.7. The Kier molecular flexibility index (Phi) is 3.83. The molecule has 0 aliphatic rings. The molecule has 2 aromatic carbocycles. The highest BCUT2D eigenvalue weighted by atomic mass is 14.8. The molecule has 19 heavy (non-hydrogen) atoms. The van der Waals surface area contributed by atoms with Gasteiger partial charge in [-0.25, -0.2) is 4.99 Å². The Hall–Kier alpha value is -2.75. The number of benzene rings is 2. The van der Waals surface area contributed by atoms with Crippen LogP contribution in [0.1, 0.15) is 11.1 Å². The molecule has 0 amide bonds. The highest BCUT2D eigenvalue weighted by Crippen LogP contribution is 2.08. The molecule has 0 fully saturated rings. The van der Waals surface area contributed by atoms with E-state index in [0.717, 1.165) is 16.8 Å². The van der Waals surface area contributed by atoms with Crippen molar-refractivity contribution >= 4 is 23.3 Å². The summed E-state index contributed by atoms with van der Waals surface area (Å²) in [5.74, 6) is 0.451. The van der Waals surface area contributed by atoms with Crippen LogP contribution < -0.4 is 17.2 Å². The van der Waals surface area contributed by atoms with E-state index >= 15 is 0 Å². The number of nitrogen functional groups attached to an aromatic ring is 2. The number of hydrogen-bond acceptors (Lipinski definition) is 3. The fourth-order valence-electron chi connectivity index (χ4n) is 1.54. The Morgan fingerprint density at radius 1 is 0.842 bits per heavy atom. The maximum absolute atomic E-state index is 5.87. The summed E-state index contributed by atoms with van der Waals surface area (Å²) in [7, 11) is 0. The smallest absolute Gasteiger partial charge is 0.130 e. The van der Waals surface area contributed by atoms with Crippen LogP contribution in [0.4, 0.5) is 11.4 Å². The first-order valence-electron chi connectivity index (χ1n) is 5.86. The number of anilines is 2. The minimum atomic E-state index is 0.451. The molecule has 2 aromatic rings. The minimum Gasteiger partial charge on any atom is -0.399 e. The number of nitrogens with zero attached hydrogens (tertiary/aromatic N) is 1. The molecule has 0 radical (unpaired) electrons. The van der Waals surface area contributed by atoms with E-state index in [0.29, 0.717) is 11.5 Å². The number of aliphatic imine (C=N–C) groups is 1. The van der Waals surface area contributed by atoms with Crippen LogP contribution in [0.25, 0.3) is 6.08 Å². The van der Waals surface area contributed by atoms with Crippen molar-refractivity contribution in [1.82, 2.24) is 0 Å². The predicted octanol–water partition coefficient (Wildman–Crippen LogP) is 2.23. The molecule has 0 spiro atoms. The molecule has 0 atom stereocenters. The first-order valence-corrected chi connectivity index (χ1v) is 5.86. The lowest BCUT2D eigenvalue weighted by molar-refractivity contribution is 1.47. The van der Waals surface area contributed by atoms with Crippen molar-refractivity contribution in [2.45, 2.75) is 0 Å². The van der Waals surface area contributed by atoms with Crippen molar-refractivity contribution < 1.29 is 0 Å². The van der Waals surface area contributed by atoms with Gasteiger partial charge in [0.05, 0.1) is 0 Å². The van der Waals surface area contributed by atoms with Gasteiger partial charge in [0.1, 0.15) is 5.84 Å². The van der Waals surface area contributed by atoms with Gasteiger partial charge in [0.15, 0.2) is 0 Å². The molecule has 0 aliphatic carbocycles. The van der Waals surface area contributed by atoms with Gasteiger partial charge in [-0.1, -0.05) is 12.1 Å². The largest absolute Gasteiger partial charge is 0.399 e. The molecule has 0 bridgehead atoms. The van der Waals surface area contributed by atoms with Gasteiger partial charge in [0.25, 0.3) is 0 Å². The summed E-state index contributed by atoms with van der Waals surface area (Å²) >= 11 is 0. The minimum absolute atomic E-state index is 0.451. The van der Waals surface area contributed by atoms with Gasteiger partial charge >= 0.3 is 0 Å². The standard InChI is InChI=1S/C15H16N4/c16-13-5-1-11(2-6-13)9-10-19-15(18)12-3-7-14(17)8-4-12/h1-10H,16-17H2,(H2,18,19). The van der Waals surface area contributed by atoms with Gasteiger partial charge in [-0.05, 0) is 48.0 Å². The lowest BCUT2D eigenvalue weighted by Gasteiger charge is -1.99. The van der Waals surface area contributed by atoms with Crippen LogP contribution in [0, 0.1) is 0 Å². The van der Waals surface area contributed by atoms with Crippen molar-refractivity contribution in [3.8, 4) is 0 Å². The van der Waals surface area contributed by atoms with Crippen molar-refractivity contribution in [2.75, 3.05) is 11.5 Å². The molecule has 4 heteroatoms. The summed E-state index contributed by atoms with van der Waals surface area (Å²) in [4.78, 5) is 4.18. The number of nitrogens with two attached hydrogens (primary N) is 3. The maximum Gasteiger partial charge on any atom is 0.130 e. The van der Waals surface area contributed by atoms with Crippen LogP contribution in [0.5, 0.6) is 0 Å². The molecule has 0 saturated heterocycles. The van der Waals surface area contributed by atoms with Crippen molar-refractivity contribution in [3.63, 3.8) is 0 Å². The van der Waals surface area contributed by atoms with Gasteiger partial charge in [-0.15, -0.1) is 0 Å². The fourth-order valence-corrected chi connectivity index (χ4v) is 1.54. The van der Waals surface area contributed by atoms with E-state index in [-0.39, 0.29) is 0 Å². The fraction of sp³-hybridized carbons (Fsp3) is 0. The highest BCUT2D eigenvalue weighted by Gasteiger charge is 1.95. The van der Waals surface area contributed by atoms with E-state index in [1.54, 1.807) is 18.3 Å². The van der Waals surface area contributed by atoms with Crippen molar-refractivity contribution in [3.05, 3.63) is 65.9 Å². The molecule has 0 heterocycles. The monoisotopic (exact) mass is 252 g/mol. The third kappa shape index (κ3) is 3.61. The highest BCUT2D eigenvalue weighted by molar-refractivity contribution is 5.98. The zero-order chi connectivity index (χ0) is 13.7. The van der Waals surface area contributed by atoms with E-state index in [1.165, 1.54) is 0 Å². The number of hydrogen-bond donors (Lipinski definition) is 3. The molecule has 0 aromatic heterocycles. The summed E-state index contributed by atoms with van der Waals surface area (Å²) in [6.07, 6.45) is 3.53. The number of amidine groups is 1. The Morgan fingerprint density at radius 3 is 1.95 bits per heavy atom. The number of rotatable bonds is 3. The van der Waals surface area contributed by atoms with Gasteiger partial charge in [0, 0.05) is 23.1 Å². The van der Waals surface area contributed by atoms with Crippen molar-refractivity contribution in [1.29, 1.82) is 0 Å². The van der Waals surface area contributed by atoms with Crippen LogP contribution in [0.3, 0.4) is 0 Å². The summed E-state index contributed by atoms with van der Waals surface area (Å²) in [6, 6.07) is 14.8. The second kappa shape index (κ2) is 5.73. The average Bonchev–Trinajstić information content (AvgIpc) is 2.41. The third-order valence-corrected chi connectivity index (χ3v) is 2.62. The Morgan fingerprint density at radius 2 is 1.37 bits per heavy atom. The Bertz CT molecular complexity index is 595. The van der Waals surface area contributed by atoms with E-state index in [2.05, 4.69) is 4.99 Å². The summed E-state index contributed by atoms with van der Waals surface area (Å²) in [5.41, 5.74) is 20.4. The second-order valence-corrected chi connectivity index (χ2v) is 4.12. The summed E-state index contributed by atoms with van der Waals surface area (Å²) in [5, 5.41) is 0. The van der Waals surface area contributed by atoms with Crippen LogP contribution in [-0.2, 0) is 0 Å². The summed E-state index contributed by atoms with van der Waals surface area (Å²) in [6.45, 7) is 0. The summed E-state index contributed by atoms with van der Waals surface area (Å²) < 4.78 is 0. The Labute approximate surface area is 112 Å². The van der Waals surface area contributed by atoms with Gasteiger partial charge in [-0.3, -0.25) is 0 Å². The quantitative estimate of drug-likeness (QED) is 0.444. The zero-order valence-corrected chi connectivity index (χ0v) is 10.5. The van der Waals surface area contributed by atoms with Crippen LogP contribution in [0.15, 0.2) is 59.7 Å². The van der Waals surface area contributed by atoms with E-state index < -0.39 is 0 Å². The lowest BCUT2D eigenvalue weighted by atomic mass is 10.2. The predicted molar refractivity (Wildman–Crippen MR) is 81.5 cm³/mol. The molecule has 0 aliphatic heterocycles. The zero-order valence-electron chi connectivity index (χ0n) is 10.5. The molecule has 96 valence electrons. The lowest BCUT2D eigenvalue weighted by Crippen LogP contribution is -2.12. The first-order chi connectivity index (χ1) is 9.15. The molecular formula is C15H16N4. The molecule has 4 nitrogen and oxygen atoms in total. The van der Waals surface area contributed by atoms with Crippen molar-refractivity contribution in [2.24, 2.45) is 10.7 Å². The second-order valence-electron chi connectivity index (χ2n) is 4.12.